The molecule has 1 saturated heterocycles. The van der Waals surface area contributed by atoms with Crippen LogP contribution in [0.1, 0.15) is 54.5 Å². The Morgan fingerprint density at radius 2 is 1.82 bits per heavy atom. The highest BCUT2D eigenvalue weighted by atomic mass is 35.5. The first-order valence-electron chi connectivity index (χ1n) is 12.6. The van der Waals surface area contributed by atoms with Gasteiger partial charge in [0.05, 0.1) is 12.2 Å². The number of hydrogen-bond donors (Lipinski definition) is 1. The van der Waals surface area contributed by atoms with Crippen LogP contribution >= 0.6 is 11.6 Å². The van der Waals surface area contributed by atoms with Gasteiger partial charge >= 0.3 is 6.18 Å². The summed E-state index contributed by atoms with van der Waals surface area (Å²) >= 11 is 6.30. The van der Waals surface area contributed by atoms with Crippen molar-refractivity contribution < 1.29 is 22.7 Å². The summed E-state index contributed by atoms with van der Waals surface area (Å²) in [7, 11) is 0. The summed E-state index contributed by atoms with van der Waals surface area (Å²) in [4.78, 5) is 8.05. The number of nitriles is 1. The van der Waals surface area contributed by atoms with Gasteiger partial charge in [-0.3, -0.25) is 9.47 Å². The molecule has 1 aliphatic carbocycles. The molecule has 0 radical (unpaired) electrons. The Kier molecular flexibility index (Phi) is 6.28. The van der Waals surface area contributed by atoms with Gasteiger partial charge in [0.1, 0.15) is 17.7 Å². The van der Waals surface area contributed by atoms with Gasteiger partial charge in [-0.25, -0.2) is 9.37 Å². The minimum Gasteiger partial charge on any atom is -0.380 e. The zero-order valence-corrected chi connectivity index (χ0v) is 21.4. The average molecular weight is 562 g/mol. The fourth-order valence-corrected chi connectivity index (χ4v) is 6.03. The van der Waals surface area contributed by atoms with Crippen LogP contribution < -0.4 is 4.90 Å². The van der Waals surface area contributed by atoms with Gasteiger partial charge in [-0.2, -0.15) is 18.4 Å². The quantitative estimate of drug-likeness (QED) is 0.471. The summed E-state index contributed by atoms with van der Waals surface area (Å²) in [6.07, 6.45) is -4.02. The molecule has 4 heterocycles. The van der Waals surface area contributed by atoms with Crippen molar-refractivity contribution >= 4 is 17.4 Å². The van der Waals surface area contributed by atoms with E-state index in [2.05, 4.69) is 15.2 Å². The molecule has 3 aromatic rings. The van der Waals surface area contributed by atoms with Crippen LogP contribution in [0.15, 0.2) is 30.3 Å². The van der Waals surface area contributed by atoms with E-state index in [4.69, 9.17) is 16.9 Å². The number of alkyl halides is 3. The molecule has 13 heteroatoms. The number of benzene rings is 1. The molecule has 0 amide bonds. The largest absolute Gasteiger partial charge is 0.417 e. The predicted molar refractivity (Wildman–Crippen MR) is 133 cm³/mol. The van der Waals surface area contributed by atoms with Crippen LogP contribution in [0.2, 0.25) is 5.02 Å². The number of pyridine rings is 1. The van der Waals surface area contributed by atoms with E-state index in [1.54, 1.807) is 18.2 Å². The van der Waals surface area contributed by atoms with Crippen LogP contribution in [-0.4, -0.2) is 60.7 Å². The Morgan fingerprint density at radius 1 is 1.08 bits per heavy atom. The summed E-state index contributed by atoms with van der Waals surface area (Å²) in [6.45, 7) is 1.89. The number of aliphatic hydroxyl groups is 1. The fourth-order valence-electron chi connectivity index (χ4n) is 5.84. The molecule has 39 heavy (non-hydrogen) atoms. The van der Waals surface area contributed by atoms with Gasteiger partial charge < -0.3 is 10.0 Å². The monoisotopic (exact) mass is 561 g/mol. The maximum atomic E-state index is 13.7. The van der Waals surface area contributed by atoms with Crippen molar-refractivity contribution in [3.8, 4) is 11.8 Å². The van der Waals surface area contributed by atoms with Gasteiger partial charge in [0, 0.05) is 49.5 Å². The summed E-state index contributed by atoms with van der Waals surface area (Å²) in [5.74, 6) is 1.32. The van der Waals surface area contributed by atoms with Crippen molar-refractivity contribution in [2.45, 2.75) is 62.5 Å². The van der Waals surface area contributed by atoms with Gasteiger partial charge in [0.15, 0.2) is 22.9 Å². The molecule has 2 aliphatic heterocycles. The topological polar surface area (TPSA) is 94.1 Å². The first-order chi connectivity index (χ1) is 18.6. The van der Waals surface area contributed by atoms with Gasteiger partial charge in [-0.1, -0.05) is 11.6 Å². The zero-order valence-electron chi connectivity index (χ0n) is 20.7. The van der Waals surface area contributed by atoms with Crippen LogP contribution in [0.3, 0.4) is 0 Å². The number of fused-ring (bicyclic) bond motifs is 3. The molecule has 0 atom stereocenters. The fraction of sp³-hybridized carbons (Fsp3) is 0.462. The molecule has 0 unspecified atom stereocenters. The maximum absolute atomic E-state index is 13.7. The Balaban J connectivity index is 1.26. The van der Waals surface area contributed by atoms with Crippen molar-refractivity contribution in [2.24, 2.45) is 0 Å². The minimum atomic E-state index is -4.67. The normalized spacial score (nSPS) is 23.9. The Labute approximate surface area is 226 Å². The van der Waals surface area contributed by atoms with E-state index in [1.165, 1.54) is 6.07 Å². The number of aromatic nitrogens is 4. The smallest absolute Gasteiger partial charge is 0.380 e. The molecule has 8 nitrogen and oxygen atoms in total. The van der Waals surface area contributed by atoms with E-state index in [9.17, 15) is 22.7 Å². The van der Waals surface area contributed by atoms with Crippen molar-refractivity contribution in [1.82, 2.24) is 24.6 Å². The number of nitrogens with zero attached hydrogens (tertiary/aromatic N) is 7. The lowest BCUT2D eigenvalue weighted by atomic mass is 9.74. The van der Waals surface area contributed by atoms with E-state index in [0.717, 1.165) is 17.1 Å². The van der Waals surface area contributed by atoms with E-state index >= 15 is 0 Å². The van der Waals surface area contributed by atoms with Crippen LogP contribution in [-0.2, 0) is 13.1 Å². The number of halogens is 5. The molecule has 0 bridgehead atoms. The molecular formula is C26H24ClF4N7O. The highest BCUT2D eigenvalue weighted by Gasteiger charge is 2.62. The Hall–Kier alpha value is -3.27. The summed E-state index contributed by atoms with van der Waals surface area (Å²) in [6, 6.07) is 9.59. The number of hydrogen-bond acceptors (Lipinski definition) is 7. The van der Waals surface area contributed by atoms with Gasteiger partial charge in [0.25, 0.3) is 0 Å². The standard InChI is InChI=1S/C26H24ClF4N7O/c27-17-1-3-21-16(9-17)13-37(18-10-25(39,11-18)26(29,30)31)14-23-34-35-24(38(21)23)15-5-7-36(8-6-15)22-4-2-19(28)20(12-32)33-22/h1-4,9,15,18,39H,5-8,10-11,13-14H2. The van der Waals surface area contributed by atoms with E-state index in [1.807, 2.05) is 26.5 Å². The second kappa shape index (κ2) is 9.43. The van der Waals surface area contributed by atoms with Crippen molar-refractivity contribution in [2.75, 3.05) is 18.0 Å². The third kappa shape index (κ3) is 4.52. The lowest BCUT2D eigenvalue weighted by molar-refractivity contribution is -0.300. The number of anilines is 1. The maximum Gasteiger partial charge on any atom is 0.417 e. The van der Waals surface area contributed by atoms with Crippen LogP contribution in [0.5, 0.6) is 0 Å². The molecule has 204 valence electrons. The molecule has 0 spiro atoms. The predicted octanol–water partition coefficient (Wildman–Crippen LogP) is 4.48. The lowest BCUT2D eigenvalue weighted by Crippen LogP contribution is -2.61. The number of rotatable bonds is 3. The second-order valence-corrected chi connectivity index (χ2v) is 10.9. The zero-order chi connectivity index (χ0) is 27.5. The van der Waals surface area contributed by atoms with Gasteiger partial charge in [-0.15, -0.1) is 10.2 Å². The average Bonchev–Trinajstić information content (AvgIpc) is 3.22. The van der Waals surface area contributed by atoms with Crippen LogP contribution in [0.25, 0.3) is 5.69 Å². The molecule has 1 aromatic carbocycles. The third-order valence-electron chi connectivity index (χ3n) is 8.07. The van der Waals surface area contributed by atoms with Gasteiger partial charge in [0.2, 0.25) is 0 Å². The molecule has 6 rings (SSSR count). The summed E-state index contributed by atoms with van der Waals surface area (Å²) in [5, 5.41) is 28.6. The Bertz CT molecular complexity index is 1460. The highest BCUT2D eigenvalue weighted by Crippen LogP contribution is 2.48. The molecule has 1 saturated carbocycles. The van der Waals surface area contributed by atoms with Crippen molar-refractivity contribution in [3.63, 3.8) is 0 Å². The first-order valence-corrected chi connectivity index (χ1v) is 13.0. The highest BCUT2D eigenvalue weighted by molar-refractivity contribution is 6.30. The van der Waals surface area contributed by atoms with E-state index < -0.39 is 36.5 Å². The Morgan fingerprint density at radius 3 is 2.51 bits per heavy atom. The molecule has 2 aromatic heterocycles. The molecule has 2 fully saturated rings. The second-order valence-electron chi connectivity index (χ2n) is 10.5. The molecule has 3 aliphatic rings. The SMILES string of the molecule is N#Cc1nc(N2CCC(c3nnc4n3-c3ccc(Cl)cc3CN(C3CC(O)(C(F)(F)F)C3)C4)CC2)ccc1F. The minimum absolute atomic E-state index is 0.0486. The lowest BCUT2D eigenvalue weighted by Gasteiger charge is -2.48. The number of piperidine rings is 1. The summed E-state index contributed by atoms with van der Waals surface area (Å²) in [5.41, 5.74) is -1.22. The van der Waals surface area contributed by atoms with Crippen molar-refractivity contribution in [3.05, 3.63) is 64.1 Å². The van der Waals surface area contributed by atoms with Crippen LogP contribution in [0.4, 0.5) is 23.4 Å². The van der Waals surface area contributed by atoms with Crippen molar-refractivity contribution in [1.29, 1.82) is 5.26 Å². The molecular weight excluding hydrogens is 538 g/mol. The third-order valence-corrected chi connectivity index (χ3v) is 8.30. The first kappa shape index (κ1) is 26.0. The van der Waals surface area contributed by atoms with E-state index in [-0.39, 0.29) is 18.2 Å². The van der Waals surface area contributed by atoms with E-state index in [0.29, 0.717) is 49.1 Å². The van der Waals surface area contributed by atoms with Gasteiger partial charge in [-0.05, 0) is 48.7 Å². The molecule has 1 N–H and O–H groups in total. The van der Waals surface area contributed by atoms with Crippen LogP contribution in [0, 0.1) is 17.1 Å². The summed E-state index contributed by atoms with van der Waals surface area (Å²) < 4.78 is 55.6.